The van der Waals surface area contributed by atoms with E-state index in [0.717, 1.165) is 39.0 Å². The van der Waals surface area contributed by atoms with E-state index < -0.39 is 0 Å². The van der Waals surface area contributed by atoms with E-state index in [-0.39, 0.29) is 18.3 Å². The Morgan fingerprint density at radius 2 is 2.25 bits per heavy atom. The summed E-state index contributed by atoms with van der Waals surface area (Å²) in [7, 11) is 0. The smallest absolute Gasteiger partial charge is 0.222 e. The van der Waals surface area contributed by atoms with Crippen LogP contribution in [-0.4, -0.2) is 42.9 Å². The van der Waals surface area contributed by atoms with Crippen LogP contribution in [-0.2, 0) is 11.3 Å². The molecule has 0 unspecified atom stereocenters. The minimum atomic E-state index is -0.267. The molecule has 1 fully saturated rings. The number of carbonyl (C=O) groups is 1. The van der Waals surface area contributed by atoms with Crippen LogP contribution in [0.5, 0.6) is 0 Å². The Bertz CT molecular complexity index is 594. The average molecular weight is 399 g/mol. The van der Waals surface area contributed by atoms with Crippen LogP contribution in [0.2, 0.25) is 0 Å². The first-order valence-corrected chi connectivity index (χ1v) is 9.13. The van der Waals surface area contributed by atoms with Gasteiger partial charge in [0.15, 0.2) is 5.96 Å². The van der Waals surface area contributed by atoms with Crippen molar-refractivity contribution < 1.29 is 9.18 Å². The van der Waals surface area contributed by atoms with Gasteiger partial charge in [0.2, 0.25) is 5.91 Å². The molecule has 1 aliphatic heterocycles. The Morgan fingerprint density at radius 1 is 1.42 bits per heavy atom. The zero-order valence-corrected chi connectivity index (χ0v) is 15.5. The Labute approximate surface area is 150 Å². The van der Waals surface area contributed by atoms with Gasteiger partial charge in [-0.15, -0.1) is 0 Å². The number of likely N-dealkylation sites (tertiary alicyclic amines) is 1. The molecule has 0 atom stereocenters. The maximum Gasteiger partial charge on any atom is 0.222 e. The highest BCUT2D eigenvalue weighted by Crippen LogP contribution is 2.15. The maximum atomic E-state index is 13.8. The molecule has 7 heteroatoms. The summed E-state index contributed by atoms with van der Waals surface area (Å²) in [6.07, 6.45) is 2.51. The number of nitrogens with one attached hydrogen (secondary N) is 2. The van der Waals surface area contributed by atoms with Crippen LogP contribution >= 0.6 is 15.9 Å². The van der Waals surface area contributed by atoms with E-state index in [1.54, 1.807) is 12.1 Å². The van der Waals surface area contributed by atoms with Gasteiger partial charge in [-0.25, -0.2) is 9.38 Å². The predicted molar refractivity (Wildman–Crippen MR) is 97.3 cm³/mol. The summed E-state index contributed by atoms with van der Waals surface area (Å²) >= 11 is 3.25. The molecule has 1 aliphatic rings. The van der Waals surface area contributed by atoms with Crippen molar-refractivity contribution in [1.82, 2.24) is 15.5 Å². The minimum absolute atomic E-state index is 0.251. The van der Waals surface area contributed by atoms with Crippen LogP contribution in [0.25, 0.3) is 0 Å². The van der Waals surface area contributed by atoms with Gasteiger partial charge in [-0.05, 0) is 31.9 Å². The fraction of sp³-hybridized carbons (Fsp3) is 0.529. The molecule has 0 spiro atoms. The van der Waals surface area contributed by atoms with E-state index in [4.69, 9.17) is 0 Å². The van der Waals surface area contributed by atoms with Crippen molar-refractivity contribution in [3.8, 4) is 0 Å². The Hall–Kier alpha value is -1.63. The summed E-state index contributed by atoms with van der Waals surface area (Å²) < 4.78 is 14.5. The number of hydrogen-bond donors (Lipinski definition) is 2. The van der Waals surface area contributed by atoms with Crippen molar-refractivity contribution in [1.29, 1.82) is 0 Å². The summed E-state index contributed by atoms with van der Waals surface area (Å²) in [5.74, 6) is 0.644. The fourth-order valence-corrected chi connectivity index (χ4v) is 2.91. The van der Waals surface area contributed by atoms with Crippen LogP contribution in [0.1, 0.15) is 31.7 Å². The number of nitrogens with zero attached hydrogens (tertiary/aromatic N) is 2. The Morgan fingerprint density at radius 3 is 2.92 bits per heavy atom. The van der Waals surface area contributed by atoms with Crippen LogP contribution in [0.3, 0.4) is 0 Å². The SMILES string of the molecule is CCNC(=NCc1ccc(Br)cc1F)NCCCN1CCCC1=O. The van der Waals surface area contributed by atoms with Crippen molar-refractivity contribution in [2.24, 2.45) is 4.99 Å². The van der Waals surface area contributed by atoms with Crippen molar-refractivity contribution in [2.75, 3.05) is 26.2 Å². The van der Waals surface area contributed by atoms with E-state index in [2.05, 4.69) is 31.6 Å². The highest BCUT2D eigenvalue weighted by molar-refractivity contribution is 9.10. The topological polar surface area (TPSA) is 56.7 Å². The number of hydrogen-bond acceptors (Lipinski definition) is 2. The normalized spacial score (nSPS) is 15.0. The summed E-state index contributed by atoms with van der Waals surface area (Å²) in [4.78, 5) is 17.9. The first-order chi connectivity index (χ1) is 11.6. The van der Waals surface area contributed by atoms with Gasteiger partial charge < -0.3 is 15.5 Å². The quantitative estimate of drug-likeness (QED) is 0.421. The lowest BCUT2D eigenvalue weighted by Gasteiger charge is -2.16. The van der Waals surface area contributed by atoms with Crippen molar-refractivity contribution in [3.05, 3.63) is 34.1 Å². The van der Waals surface area contributed by atoms with Gasteiger partial charge in [0.1, 0.15) is 5.82 Å². The average Bonchev–Trinajstić information content (AvgIpc) is 2.95. The lowest BCUT2D eigenvalue weighted by Crippen LogP contribution is -2.39. The van der Waals surface area contributed by atoms with Gasteiger partial charge in [0.05, 0.1) is 6.54 Å². The first-order valence-electron chi connectivity index (χ1n) is 8.34. The van der Waals surface area contributed by atoms with Gasteiger partial charge in [-0.3, -0.25) is 4.79 Å². The minimum Gasteiger partial charge on any atom is -0.357 e. The number of benzene rings is 1. The van der Waals surface area contributed by atoms with E-state index in [9.17, 15) is 9.18 Å². The highest BCUT2D eigenvalue weighted by Gasteiger charge is 2.18. The molecule has 0 bridgehead atoms. The molecule has 0 aliphatic carbocycles. The van der Waals surface area contributed by atoms with E-state index in [0.29, 0.717) is 22.4 Å². The molecule has 1 aromatic rings. The summed E-state index contributed by atoms with van der Waals surface area (Å²) in [5.41, 5.74) is 0.554. The van der Waals surface area contributed by atoms with Gasteiger partial charge in [-0.2, -0.15) is 0 Å². The predicted octanol–water partition coefficient (Wildman–Crippen LogP) is 2.66. The van der Waals surface area contributed by atoms with Gasteiger partial charge in [0.25, 0.3) is 0 Å². The largest absolute Gasteiger partial charge is 0.357 e. The summed E-state index contributed by atoms with van der Waals surface area (Å²) in [6.45, 7) is 5.36. The molecule has 2 rings (SSSR count). The van der Waals surface area contributed by atoms with Crippen molar-refractivity contribution in [2.45, 2.75) is 32.7 Å². The third-order valence-electron chi connectivity index (χ3n) is 3.84. The molecule has 132 valence electrons. The van der Waals surface area contributed by atoms with E-state index in [1.807, 2.05) is 11.8 Å². The highest BCUT2D eigenvalue weighted by atomic mass is 79.9. The summed E-state index contributed by atoms with van der Waals surface area (Å²) in [5, 5.41) is 6.38. The molecular formula is C17H24BrFN4O. The van der Waals surface area contributed by atoms with Gasteiger partial charge >= 0.3 is 0 Å². The first kappa shape index (κ1) is 18.7. The third kappa shape index (κ3) is 5.78. The third-order valence-corrected chi connectivity index (χ3v) is 4.33. The fourth-order valence-electron chi connectivity index (χ4n) is 2.57. The molecule has 1 aromatic carbocycles. The molecule has 0 aromatic heterocycles. The molecule has 2 N–H and O–H groups in total. The Balaban J connectivity index is 1.80. The monoisotopic (exact) mass is 398 g/mol. The van der Waals surface area contributed by atoms with Crippen molar-refractivity contribution >= 4 is 27.8 Å². The van der Waals surface area contributed by atoms with Gasteiger partial charge in [-0.1, -0.05) is 22.0 Å². The molecule has 0 saturated carbocycles. The van der Waals surface area contributed by atoms with E-state index >= 15 is 0 Å². The zero-order valence-electron chi connectivity index (χ0n) is 13.9. The van der Waals surface area contributed by atoms with Crippen LogP contribution in [0, 0.1) is 5.82 Å². The molecule has 24 heavy (non-hydrogen) atoms. The number of aliphatic imine (C=N–C) groups is 1. The molecule has 1 heterocycles. The molecule has 5 nitrogen and oxygen atoms in total. The number of halogens is 2. The van der Waals surface area contributed by atoms with Crippen LogP contribution in [0.4, 0.5) is 4.39 Å². The second-order valence-electron chi connectivity index (χ2n) is 5.70. The second-order valence-corrected chi connectivity index (χ2v) is 6.61. The second kappa shape index (κ2) is 9.61. The zero-order chi connectivity index (χ0) is 17.4. The Kier molecular flexibility index (Phi) is 7.49. The number of amides is 1. The van der Waals surface area contributed by atoms with E-state index in [1.165, 1.54) is 6.07 Å². The molecular weight excluding hydrogens is 375 g/mol. The maximum absolute atomic E-state index is 13.8. The van der Waals surface area contributed by atoms with Gasteiger partial charge in [0, 0.05) is 42.6 Å². The van der Waals surface area contributed by atoms with Crippen LogP contribution in [0.15, 0.2) is 27.7 Å². The standard InChI is InChI=1S/C17H24BrFN4O/c1-2-20-17(21-8-4-10-23-9-3-5-16(23)24)22-12-13-6-7-14(18)11-15(13)19/h6-7,11H,2-5,8-10,12H2,1H3,(H2,20,21,22). The molecule has 1 amide bonds. The van der Waals surface area contributed by atoms with Crippen molar-refractivity contribution in [3.63, 3.8) is 0 Å². The number of guanidine groups is 1. The lowest BCUT2D eigenvalue weighted by molar-refractivity contribution is -0.127. The molecule has 0 radical (unpaired) electrons. The van der Waals surface area contributed by atoms with Crippen LogP contribution < -0.4 is 10.6 Å². The summed E-state index contributed by atoms with van der Waals surface area (Å²) in [6, 6.07) is 4.98. The number of rotatable bonds is 7. The lowest BCUT2D eigenvalue weighted by atomic mass is 10.2. The number of carbonyl (C=O) groups excluding carboxylic acids is 1. The molecule has 1 saturated heterocycles.